The zero-order valence-electron chi connectivity index (χ0n) is 14.5. The first kappa shape index (κ1) is 19.0. The van der Waals surface area contributed by atoms with Gasteiger partial charge in [0.15, 0.2) is 5.78 Å². The Morgan fingerprint density at radius 1 is 1.29 bits per heavy atom. The number of carbonyl (C=O) groups excluding carboxylic acids is 1. The summed E-state index contributed by atoms with van der Waals surface area (Å²) in [6.07, 6.45) is 4.95. The molecule has 2 rings (SSSR count). The minimum absolute atomic E-state index is 0.0480. The van der Waals surface area contributed by atoms with Crippen molar-refractivity contribution in [2.24, 2.45) is 0 Å². The molecule has 0 radical (unpaired) electrons. The summed E-state index contributed by atoms with van der Waals surface area (Å²) in [7, 11) is 3.31. The fraction of sp³-hybridized carbons (Fsp3) is 0.611. The first-order valence-corrected chi connectivity index (χ1v) is 8.84. The Morgan fingerprint density at radius 2 is 2.00 bits per heavy atom. The molecule has 0 saturated carbocycles. The van der Waals surface area contributed by atoms with E-state index in [1.54, 1.807) is 19.2 Å². The number of ether oxygens (including phenoxy) is 2. The minimum Gasteiger partial charge on any atom is -0.496 e. The van der Waals surface area contributed by atoms with Crippen LogP contribution in [0.4, 0.5) is 5.69 Å². The highest BCUT2D eigenvalue weighted by Gasteiger charge is 2.18. The third-order valence-corrected chi connectivity index (χ3v) is 4.94. The van der Waals surface area contributed by atoms with Crippen LogP contribution in [0, 0.1) is 0 Å². The third-order valence-electron chi connectivity index (χ3n) is 4.62. The number of carbonyl (C=O) groups is 1. The largest absolute Gasteiger partial charge is 0.496 e. The molecule has 1 saturated heterocycles. The van der Waals surface area contributed by atoms with E-state index in [2.05, 4.69) is 4.90 Å². The number of nitrogens with zero attached hydrogens (tertiary/aromatic N) is 1. The number of anilines is 1. The maximum atomic E-state index is 12.4. The molecule has 5 nitrogen and oxygen atoms in total. The number of nitrogens with two attached hydrogens (primary N) is 1. The van der Waals surface area contributed by atoms with Crippen molar-refractivity contribution >= 4 is 23.1 Å². The van der Waals surface area contributed by atoms with Crippen LogP contribution in [0.1, 0.15) is 42.5 Å². The van der Waals surface area contributed by atoms with E-state index in [1.165, 1.54) is 7.11 Å². The van der Waals surface area contributed by atoms with Gasteiger partial charge in [0.05, 0.1) is 29.5 Å². The number of ketones is 1. The highest BCUT2D eigenvalue weighted by molar-refractivity contribution is 6.33. The lowest BCUT2D eigenvalue weighted by Crippen LogP contribution is -2.37. The van der Waals surface area contributed by atoms with E-state index in [1.807, 2.05) is 0 Å². The van der Waals surface area contributed by atoms with E-state index in [4.69, 9.17) is 26.8 Å². The number of likely N-dealkylation sites (tertiary alicyclic amines) is 1. The monoisotopic (exact) mass is 354 g/mol. The molecular formula is C18H27ClN2O3. The summed E-state index contributed by atoms with van der Waals surface area (Å²) in [6, 6.07) is 3.21. The zero-order valence-corrected chi connectivity index (χ0v) is 15.3. The predicted molar refractivity (Wildman–Crippen MR) is 97.1 cm³/mol. The minimum atomic E-state index is 0.0480. The van der Waals surface area contributed by atoms with Crippen LogP contribution in [-0.4, -0.2) is 50.6 Å². The van der Waals surface area contributed by atoms with Crippen molar-refractivity contribution in [2.75, 3.05) is 39.6 Å². The van der Waals surface area contributed by atoms with Crippen LogP contribution < -0.4 is 10.5 Å². The fourth-order valence-corrected chi connectivity index (χ4v) is 3.24. The van der Waals surface area contributed by atoms with Gasteiger partial charge in [0, 0.05) is 32.7 Å². The van der Waals surface area contributed by atoms with Crippen molar-refractivity contribution < 1.29 is 14.3 Å². The summed E-state index contributed by atoms with van der Waals surface area (Å²) in [4.78, 5) is 14.9. The number of methoxy groups -OCH3 is 2. The summed E-state index contributed by atoms with van der Waals surface area (Å²) >= 11 is 6.02. The number of Topliss-reactive ketones (excluding diaryl/α,β-unsaturated/α-hetero) is 1. The molecule has 1 fully saturated rings. The summed E-state index contributed by atoms with van der Waals surface area (Å²) in [5.74, 6) is 0.537. The fourth-order valence-electron chi connectivity index (χ4n) is 3.08. The van der Waals surface area contributed by atoms with Crippen molar-refractivity contribution in [3.05, 3.63) is 22.7 Å². The normalized spacial score (nSPS) is 16.3. The maximum absolute atomic E-state index is 12.4. The molecule has 1 aliphatic rings. The summed E-state index contributed by atoms with van der Waals surface area (Å²) in [5, 5.41) is 0.389. The van der Waals surface area contributed by atoms with Gasteiger partial charge in [0.2, 0.25) is 0 Å². The second-order valence-corrected chi connectivity index (χ2v) is 6.64. The Labute approximate surface area is 149 Å². The summed E-state index contributed by atoms with van der Waals surface area (Å²) in [6.45, 7) is 3.19. The predicted octanol–water partition coefficient (Wildman–Crippen LogP) is 3.39. The van der Waals surface area contributed by atoms with Gasteiger partial charge in [-0.3, -0.25) is 4.79 Å². The highest BCUT2D eigenvalue weighted by atomic mass is 35.5. The van der Waals surface area contributed by atoms with E-state index in [-0.39, 0.29) is 5.78 Å². The molecule has 0 amide bonds. The average Bonchev–Trinajstić information content (AvgIpc) is 2.61. The highest BCUT2D eigenvalue weighted by Crippen LogP contribution is 2.30. The number of benzene rings is 1. The van der Waals surface area contributed by atoms with Gasteiger partial charge in [-0.05, 0) is 38.3 Å². The van der Waals surface area contributed by atoms with Crippen molar-refractivity contribution in [3.8, 4) is 5.75 Å². The third kappa shape index (κ3) is 5.10. The van der Waals surface area contributed by atoms with Gasteiger partial charge in [-0.25, -0.2) is 0 Å². The molecule has 24 heavy (non-hydrogen) atoms. The maximum Gasteiger partial charge on any atom is 0.166 e. The Balaban J connectivity index is 1.77. The lowest BCUT2D eigenvalue weighted by molar-refractivity contribution is 0.0407. The second-order valence-electron chi connectivity index (χ2n) is 6.23. The van der Waals surface area contributed by atoms with E-state index >= 15 is 0 Å². The van der Waals surface area contributed by atoms with Gasteiger partial charge in [0.25, 0.3) is 0 Å². The van der Waals surface area contributed by atoms with Gasteiger partial charge in [0.1, 0.15) is 5.75 Å². The van der Waals surface area contributed by atoms with Crippen molar-refractivity contribution in [1.82, 2.24) is 4.90 Å². The average molecular weight is 355 g/mol. The Hall–Kier alpha value is -1.30. The topological polar surface area (TPSA) is 64.8 Å². The number of hydrogen-bond donors (Lipinski definition) is 1. The van der Waals surface area contributed by atoms with Crippen LogP contribution in [0.3, 0.4) is 0 Å². The van der Waals surface area contributed by atoms with Crippen LogP contribution in [0.15, 0.2) is 12.1 Å². The molecule has 0 aliphatic carbocycles. The smallest absolute Gasteiger partial charge is 0.166 e. The van der Waals surface area contributed by atoms with E-state index < -0.39 is 0 Å². The first-order chi connectivity index (χ1) is 11.5. The SMILES string of the molecule is COc1cc(N)c(Cl)cc1C(=O)CCCCN1CCC(OC)CC1. The summed E-state index contributed by atoms with van der Waals surface area (Å²) in [5.41, 5.74) is 6.68. The van der Waals surface area contributed by atoms with Crippen molar-refractivity contribution in [2.45, 2.75) is 38.2 Å². The molecule has 1 aliphatic heterocycles. The van der Waals surface area contributed by atoms with Crippen molar-refractivity contribution in [3.63, 3.8) is 0 Å². The van der Waals surface area contributed by atoms with Gasteiger partial charge in [-0.2, -0.15) is 0 Å². The van der Waals surface area contributed by atoms with Crippen LogP contribution in [0.2, 0.25) is 5.02 Å². The van der Waals surface area contributed by atoms with Gasteiger partial charge < -0.3 is 20.1 Å². The van der Waals surface area contributed by atoms with Crippen LogP contribution >= 0.6 is 11.6 Å². The van der Waals surface area contributed by atoms with E-state index in [0.29, 0.717) is 34.5 Å². The molecule has 0 bridgehead atoms. The van der Waals surface area contributed by atoms with Crippen LogP contribution in [0.5, 0.6) is 5.75 Å². The molecule has 0 unspecified atom stereocenters. The lowest BCUT2D eigenvalue weighted by Gasteiger charge is -2.31. The number of hydrogen-bond acceptors (Lipinski definition) is 5. The summed E-state index contributed by atoms with van der Waals surface area (Å²) < 4.78 is 10.6. The van der Waals surface area contributed by atoms with E-state index in [0.717, 1.165) is 45.3 Å². The van der Waals surface area contributed by atoms with Crippen LogP contribution in [0.25, 0.3) is 0 Å². The molecule has 6 heteroatoms. The molecular weight excluding hydrogens is 328 g/mol. The molecule has 2 N–H and O–H groups in total. The molecule has 0 atom stereocenters. The number of rotatable bonds is 8. The number of piperidine rings is 1. The van der Waals surface area contributed by atoms with Crippen LogP contribution in [-0.2, 0) is 4.74 Å². The Morgan fingerprint density at radius 3 is 2.62 bits per heavy atom. The standard InChI is InChI=1S/C18H27ClN2O3/c1-23-13-6-9-21(10-7-13)8-4-3-5-17(22)14-11-15(19)16(20)12-18(14)24-2/h11-13H,3-10,20H2,1-2H3. The molecule has 134 valence electrons. The van der Waals surface area contributed by atoms with Gasteiger partial charge in [-0.1, -0.05) is 11.6 Å². The number of nitrogen functional groups attached to an aromatic ring is 1. The van der Waals surface area contributed by atoms with Gasteiger partial charge >= 0.3 is 0 Å². The number of halogens is 1. The van der Waals surface area contributed by atoms with E-state index in [9.17, 15) is 4.79 Å². The zero-order chi connectivity index (χ0) is 17.5. The van der Waals surface area contributed by atoms with Crippen molar-refractivity contribution in [1.29, 1.82) is 0 Å². The molecule has 1 aromatic carbocycles. The quantitative estimate of drug-likeness (QED) is 0.440. The molecule has 1 heterocycles. The molecule has 1 aromatic rings. The molecule has 0 spiro atoms. The van der Waals surface area contributed by atoms with Gasteiger partial charge in [-0.15, -0.1) is 0 Å². The second kappa shape index (κ2) is 9.25. The lowest BCUT2D eigenvalue weighted by atomic mass is 10.0. The first-order valence-electron chi connectivity index (χ1n) is 8.46. The number of unbranched alkanes of at least 4 members (excludes halogenated alkanes) is 1. The Kier molecular flexibility index (Phi) is 7.34. The Bertz CT molecular complexity index is 557. The molecule has 0 aromatic heterocycles.